The summed E-state index contributed by atoms with van der Waals surface area (Å²) in [5.41, 5.74) is 1.06. The highest BCUT2D eigenvalue weighted by Gasteiger charge is 2.45. The van der Waals surface area contributed by atoms with Crippen molar-refractivity contribution in [3.05, 3.63) is 29.3 Å². The molecule has 2 aromatic rings. The van der Waals surface area contributed by atoms with Crippen molar-refractivity contribution in [1.82, 2.24) is 14.8 Å². The molecule has 5 heteroatoms. The first-order chi connectivity index (χ1) is 11.7. The Morgan fingerprint density at radius 2 is 1.79 bits per heavy atom. The SMILES string of the molecule is CCCN(c1nc(-c2ccc(Cl)cc2)n(C)n1)C(C1CC1)C1CC1. The summed E-state index contributed by atoms with van der Waals surface area (Å²) < 4.78 is 1.90. The third kappa shape index (κ3) is 3.16. The Hall–Kier alpha value is -1.55. The van der Waals surface area contributed by atoms with E-state index in [-0.39, 0.29) is 0 Å². The molecule has 4 rings (SSSR count). The van der Waals surface area contributed by atoms with Crippen molar-refractivity contribution in [3.63, 3.8) is 0 Å². The molecule has 0 unspecified atom stereocenters. The molecule has 0 aliphatic heterocycles. The molecule has 1 aromatic carbocycles. The second kappa shape index (κ2) is 6.40. The smallest absolute Gasteiger partial charge is 0.245 e. The normalized spacial score (nSPS) is 17.5. The van der Waals surface area contributed by atoms with E-state index in [2.05, 4.69) is 11.8 Å². The lowest BCUT2D eigenvalue weighted by atomic mass is 10.1. The minimum absolute atomic E-state index is 0.644. The Morgan fingerprint density at radius 1 is 1.17 bits per heavy atom. The largest absolute Gasteiger partial charge is 0.336 e. The van der Waals surface area contributed by atoms with Gasteiger partial charge >= 0.3 is 0 Å². The van der Waals surface area contributed by atoms with Gasteiger partial charge in [-0.3, -0.25) is 0 Å². The van der Waals surface area contributed by atoms with Gasteiger partial charge in [0.05, 0.1) is 0 Å². The van der Waals surface area contributed by atoms with Gasteiger partial charge in [-0.15, -0.1) is 5.10 Å². The van der Waals surface area contributed by atoms with E-state index < -0.39 is 0 Å². The van der Waals surface area contributed by atoms with Crippen molar-refractivity contribution in [1.29, 1.82) is 0 Å². The van der Waals surface area contributed by atoms with Gasteiger partial charge < -0.3 is 4.90 Å². The fourth-order valence-electron chi connectivity index (χ4n) is 3.74. The molecule has 1 aromatic heterocycles. The van der Waals surface area contributed by atoms with Gasteiger partial charge in [0.15, 0.2) is 5.82 Å². The van der Waals surface area contributed by atoms with Crippen molar-refractivity contribution < 1.29 is 0 Å². The van der Waals surface area contributed by atoms with Crippen LogP contribution >= 0.6 is 11.6 Å². The van der Waals surface area contributed by atoms with Gasteiger partial charge in [-0.25, -0.2) is 4.68 Å². The van der Waals surface area contributed by atoms with E-state index in [9.17, 15) is 0 Å². The number of nitrogens with zero attached hydrogens (tertiary/aromatic N) is 4. The van der Waals surface area contributed by atoms with Crippen LogP contribution in [0.3, 0.4) is 0 Å². The number of halogens is 1. The van der Waals surface area contributed by atoms with Crippen molar-refractivity contribution >= 4 is 17.5 Å². The van der Waals surface area contributed by atoms with Crippen molar-refractivity contribution in [2.75, 3.05) is 11.4 Å². The molecule has 0 spiro atoms. The van der Waals surface area contributed by atoms with Crippen LogP contribution in [-0.4, -0.2) is 27.4 Å². The van der Waals surface area contributed by atoms with Gasteiger partial charge in [-0.1, -0.05) is 18.5 Å². The highest BCUT2D eigenvalue weighted by atomic mass is 35.5. The van der Waals surface area contributed by atoms with Gasteiger partial charge in [0.2, 0.25) is 5.95 Å². The third-order valence-electron chi connectivity index (χ3n) is 5.15. The molecule has 0 bridgehead atoms. The molecule has 2 fully saturated rings. The van der Waals surface area contributed by atoms with Crippen molar-refractivity contribution in [2.45, 2.75) is 45.1 Å². The molecular formula is C19H25ClN4. The number of hydrogen-bond acceptors (Lipinski definition) is 3. The Morgan fingerprint density at radius 3 is 2.33 bits per heavy atom. The monoisotopic (exact) mass is 344 g/mol. The zero-order valence-corrected chi connectivity index (χ0v) is 15.2. The Kier molecular flexibility index (Phi) is 4.25. The first kappa shape index (κ1) is 15.9. The van der Waals surface area contributed by atoms with Crippen LogP contribution in [0.2, 0.25) is 5.02 Å². The molecule has 0 radical (unpaired) electrons. The second-order valence-corrected chi connectivity index (χ2v) is 7.66. The molecule has 24 heavy (non-hydrogen) atoms. The molecule has 0 amide bonds. The standard InChI is InChI=1S/C19H25ClN4/c1-3-12-24(17(13-4-5-13)14-6-7-14)19-21-18(23(2)22-19)15-8-10-16(20)11-9-15/h8-11,13-14,17H,3-7,12H2,1-2H3. The highest BCUT2D eigenvalue weighted by molar-refractivity contribution is 6.30. The molecule has 4 nitrogen and oxygen atoms in total. The Labute approximate surface area is 148 Å². The van der Waals surface area contributed by atoms with Crippen LogP contribution < -0.4 is 4.90 Å². The van der Waals surface area contributed by atoms with Gasteiger partial charge in [-0.05, 0) is 68.2 Å². The summed E-state index contributed by atoms with van der Waals surface area (Å²) in [7, 11) is 1.98. The summed E-state index contributed by atoms with van der Waals surface area (Å²) in [4.78, 5) is 7.40. The lowest BCUT2D eigenvalue weighted by molar-refractivity contribution is 0.469. The van der Waals surface area contributed by atoms with Gasteiger partial charge in [-0.2, -0.15) is 4.98 Å². The van der Waals surface area contributed by atoms with Crippen molar-refractivity contribution in [2.24, 2.45) is 18.9 Å². The summed E-state index contributed by atoms with van der Waals surface area (Å²) in [6.07, 6.45) is 6.62. The van der Waals surface area contributed by atoms with Crippen LogP contribution in [0.15, 0.2) is 24.3 Å². The van der Waals surface area contributed by atoms with Gasteiger partial charge in [0, 0.05) is 30.2 Å². The number of anilines is 1. The summed E-state index contributed by atoms with van der Waals surface area (Å²) in [5.74, 6) is 3.51. The second-order valence-electron chi connectivity index (χ2n) is 7.22. The average molecular weight is 345 g/mol. The maximum absolute atomic E-state index is 6.01. The summed E-state index contributed by atoms with van der Waals surface area (Å²) >= 11 is 6.01. The topological polar surface area (TPSA) is 34.0 Å². The van der Waals surface area contributed by atoms with E-state index >= 15 is 0 Å². The first-order valence-corrected chi connectivity index (χ1v) is 9.48. The molecule has 0 saturated heterocycles. The van der Waals surface area contributed by atoms with E-state index in [4.69, 9.17) is 21.7 Å². The molecule has 2 aliphatic carbocycles. The first-order valence-electron chi connectivity index (χ1n) is 9.11. The highest BCUT2D eigenvalue weighted by Crippen LogP contribution is 2.48. The number of benzene rings is 1. The van der Waals surface area contributed by atoms with Gasteiger partial charge in [0.25, 0.3) is 0 Å². The van der Waals surface area contributed by atoms with Crippen LogP contribution in [0.4, 0.5) is 5.95 Å². The summed E-state index contributed by atoms with van der Waals surface area (Å²) in [5, 5.41) is 5.51. The Balaban J connectivity index is 1.66. The number of aromatic nitrogens is 3. The van der Waals surface area contributed by atoms with Crippen LogP contribution in [0, 0.1) is 11.8 Å². The fraction of sp³-hybridized carbons (Fsp3) is 0.579. The summed E-state index contributed by atoms with van der Waals surface area (Å²) in [6, 6.07) is 8.49. The van der Waals surface area contributed by atoms with Crippen LogP contribution in [0.5, 0.6) is 0 Å². The molecule has 1 heterocycles. The molecular weight excluding hydrogens is 320 g/mol. The molecule has 128 valence electrons. The minimum atomic E-state index is 0.644. The number of rotatable bonds is 7. The van der Waals surface area contributed by atoms with E-state index in [1.54, 1.807) is 0 Å². The van der Waals surface area contributed by atoms with E-state index in [1.807, 2.05) is 36.0 Å². The van der Waals surface area contributed by atoms with E-state index in [0.29, 0.717) is 6.04 Å². The zero-order chi connectivity index (χ0) is 16.7. The molecule has 0 atom stereocenters. The molecule has 0 N–H and O–H groups in total. The minimum Gasteiger partial charge on any atom is -0.336 e. The predicted molar refractivity (Wildman–Crippen MR) is 98.3 cm³/mol. The maximum atomic E-state index is 6.01. The zero-order valence-electron chi connectivity index (χ0n) is 14.5. The van der Waals surface area contributed by atoms with Crippen LogP contribution in [-0.2, 0) is 7.05 Å². The van der Waals surface area contributed by atoms with E-state index in [0.717, 1.165) is 47.2 Å². The summed E-state index contributed by atoms with van der Waals surface area (Å²) in [6.45, 7) is 3.29. The van der Waals surface area contributed by atoms with Gasteiger partial charge in [0.1, 0.15) is 0 Å². The number of hydrogen-bond donors (Lipinski definition) is 0. The van der Waals surface area contributed by atoms with E-state index in [1.165, 1.54) is 25.7 Å². The Bertz CT molecular complexity index is 689. The maximum Gasteiger partial charge on any atom is 0.245 e. The lowest BCUT2D eigenvalue weighted by Gasteiger charge is -2.31. The molecule has 2 saturated carbocycles. The van der Waals surface area contributed by atoms with Crippen LogP contribution in [0.25, 0.3) is 11.4 Å². The van der Waals surface area contributed by atoms with Crippen molar-refractivity contribution in [3.8, 4) is 11.4 Å². The fourth-order valence-corrected chi connectivity index (χ4v) is 3.86. The average Bonchev–Trinajstić information content (AvgIpc) is 3.48. The predicted octanol–water partition coefficient (Wildman–Crippen LogP) is 4.54. The lowest BCUT2D eigenvalue weighted by Crippen LogP contribution is -2.40. The van der Waals surface area contributed by atoms with Crippen LogP contribution in [0.1, 0.15) is 39.0 Å². The third-order valence-corrected chi connectivity index (χ3v) is 5.40. The quantitative estimate of drug-likeness (QED) is 0.739. The molecule has 2 aliphatic rings. The number of aryl methyl sites for hydroxylation is 1.